The van der Waals surface area contributed by atoms with Gasteiger partial charge >= 0.3 is 0 Å². The van der Waals surface area contributed by atoms with Gasteiger partial charge in [-0.15, -0.1) is 0 Å². The smallest absolute Gasteiger partial charge is 0.257 e. The highest BCUT2D eigenvalue weighted by Gasteiger charge is 2.10. The van der Waals surface area contributed by atoms with Crippen molar-refractivity contribution in [3.05, 3.63) is 59.7 Å². The van der Waals surface area contributed by atoms with Crippen molar-refractivity contribution in [1.82, 2.24) is 10.6 Å². The third kappa shape index (κ3) is 6.38. The molecule has 0 heterocycles. The lowest BCUT2D eigenvalue weighted by atomic mass is 10.2. The molecular formula is C20H23N3O3S. The maximum atomic E-state index is 12.3. The fraction of sp³-hybridized carbons (Fsp3) is 0.250. The molecule has 0 fully saturated rings. The van der Waals surface area contributed by atoms with Gasteiger partial charge in [0.2, 0.25) is 0 Å². The van der Waals surface area contributed by atoms with Crippen molar-refractivity contribution in [3.8, 4) is 5.75 Å². The van der Waals surface area contributed by atoms with Gasteiger partial charge in [-0.1, -0.05) is 13.0 Å². The van der Waals surface area contributed by atoms with Gasteiger partial charge in [0.05, 0.1) is 6.61 Å². The number of anilines is 1. The summed E-state index contributed by atoms with van der Waals surface area (Å²) < 4.78 is 5.35. The predicted molar refractivity (Wildman–Crippen MR) is 110 cm³/mol. The van der Waals surface area contributed by atoms with Crippen molar-refractivity contribution in [3.63, 3.8) is 0 Å². The molecule has 0 aromatic heterocycles. The summed E-state index contributed by atoms with van der Waals surface area (Å²) >= 11 is 5.19. The van der Waals surface area contributed by atoms with E-state index in [2.05, 4.69) is 16.0 Å². The second kappa shape index (κ2) is 10.3. The van der Waals surface area contributed by atoms with Crippen LogP contribution < -0.4 is 20.7 Å². The van der Waals surface area contributed by atoms with Crippen LogP contribution in [0.5, 0.6) is 5.75 Å². The Hall–Kier alpha value is -2.93. The summed E-state index contributed by atoms with van der Waals surface area (Å²) in [5.41, 5.74) is 1.61. The number of amides is 2. The van der Waals surface area contributed by atoms with E-state index in [0.717, 1.165) is 6.42 Å². The maximum Gasteiger partial charge on any atom is 0.257 e. The number of rotatable bonds is 7. The lowest BCUT2D eigenvalue weighted by Gasteiger charge is -2.11. The van der Waals surface area contributed by atoms with Gasteiger partial charge in [-0.25, -0.2) is 0 Å². The van der Waals surface area contributed by atoms with Crippen LogP contribution >= 0.6 is 12.2 Å². The van der Waals surface area contributed by atoms with Gasteiger partial charge in [0.25, 0.3) is 11.8 Å². The normalized spacial score (nSPS) is 10.0. The van der Waals surface area contributed by atoms with E-state index in [1.807, 2.05) is 13.8 Å². The molecule has 0 aliphatic carbocycles. The highest BCUT2D eigenvalue weighted by atomic mass is 32.1. The Kier molecular flexibility index (Phi) is 7.76. The summed E-state index contributed by atoms with van der Waals surface area (Å²) in [4.78, 5) is 24.3. The minimum atomic E-state index is -0.326. The SMILES string of the molecule is CCCNC(=O)c1cccc(NC(=S)NC(=O)c2ccc(OCC)cc2)c1. The molecule has 0 aliphatic heterocycles. The van der Waals surface area contributed by atoms with Gasteiger partial charge < -0.3 is 15.4 Å². The molecule has 3 N–H and O–H groups in total. The molecule has 7 heteroatoms. The van der Waals surface area contributed by atoms with Gasteiger partial charge in [0.1, 0.15) is 5.75 Å². The molecule has 2 rings (SSSR count). The zero-order chi connectivity index (χ0) is 19.6. The summed E-state index contributed by atoms with van der Waals surface area (Å²) in [6.45, 7) is 5.07. The molecule has 0 spiro atoms. The first-order chi connectivity index (χ1) is 13.0. The van der Waals surface area contributed by atoms with Crippen LogP contribution in [0.3, 0.4) is 0 Å². The minimum Gasteiger partial charge on any atom is -0.494 e. The van der Waals surface area contributed by atoms with Gasteiger partial charge in [-0.05, 0) is 68.0 Å². The second-order valence-corrected chi connectivity index (χ2v) is 6.11. The molecular weight excluding hydrogens is 362 g/mol. The molecule has 0 aliphatic rings. The molecule has 142 valence electrons. The van der Waals surface area contributed by atoms with E-state index in [-0.39, 0.29) is 16.9 Å². The Bertz CT molecular complexity index is 806. The van der Waals surface area contributed by atoms with E-state index >= 15 is 0 Å². The van der Waals surface area contributed by atoms with Gasteiger partial charge in [-0.3, -0.25) is 14.9 Å². The zero-order valence-corrected chi connectivity index (χ0v) is 16.2. The Morgan fingerprint density at radius 1 is 1.00 bits per heavy atom. The van der Waals surface area contributed by atoms with Crippen LogP contribution in [-0.2, 0) is 0 Å². The average Bonchev–Trinajstić information content (AvgIpc) is 2.67. The second-order valence-electron chi connectivity index (χ2n) is 5.70. The monoisotopic (exact) mass is 385 g/mol. The molecule has 0 saturated heterocycles. The van der Waals surface area contributed by atoms with Crippen molar-refractivity contribution in [1.29, 1.82) is 0 Å². The van der Waals surface area contributed by atoms with Gasteiger partial charge in [0.15, 0.2) is 5.11 Å². The third-order valence-electron chi connectivity index (χ3n) is 3.57. The van der Waals surface area contributed by atoms with E-state index < -0.39 is 0 Å². The molecule has 2 amide bonds. The van der Waals surface area contributed by atoms with Crippen molar-refractivity contribution in [2.45, 2.75) is 20.3 Å². The van der Waals surface area contributed by atoms with Crippen LogP contribution in [0.2, 0.25) is 0 Å². The number of thiocarbonyl (C=S) groups is 1. The maximum absolute atomic E-state index is 12.3. The Morgan fingerprint density at radius 3 is 2.41 bits per heavy atom. The number of hydrogen-bond acceptors (Lipinski definition) is 4. The van der Waals surface area contributed by atoms with Crippen molar-refractivity contribution >= 4 is 34.8 Å². The Morgan fingerprint density at radius 2 is 1.74 bits per heavy atom. The first kappa shape index (κ1) is 20.4. The number of benzene rings is 2. The average molecular weight is 385 g/mol. The Labute approximate surface area is 164 Å². The Balaban J connectivity index is 1.94. The van der Waals surface area contributed by atoms with Crippen LogP contribution in [0.4, 0.5) is 5.69 Å². The summed E-state index contributed by atoms with van der Waals surface area (Å²) in [6, 6.07) is 13.7. The molecule has 27 heavy (non-hydrogen) atoms. The molecule has 0 saturated carbocycles. The fourth-order valence-electron chi connectivity index (χ4n) is 2.29. The van der Waals surface area contributed by atoms with Crippen LogP contribution in [0.1, 0.15) is 41.0 Å². The van der Waals surface area contributed by atoms with Crippen LogP contribution in [0.15, 0.2) is 48.5 Å². The number of hydrogen-bond donors (Lipinski definition) is 3. The summed E-state index contributed by atoms with van der Waals surface area (Å²) in [6.07, 6.45) is 0.866. The minimum absolute atomic E-state index is 0.148. The highest BCUT2D eigenvalue weighted by molar-refractivity contribution is 7.80. The topological polar surface area (TPSA) is 79.5 Å². The summed E-state index contributed by atoms with van der Waals surface area (Å²) in [5.74, 6) is 0.227. The fourth-order valence-corrected chi connectivity index (χ4v) is 2.50. The lowest BCUT2D eigenvalue weighted by Crippen LogP contribution is -2.34. The standard InChI is InChI=1S/C20H23N3O3S/c1-3-12-21-18(24)15-6-5-7-16(13-15)22-20(27)23-19(25)14-8-10-17(11-9-14)26-4-2/h5-11,13H,3-4,12H2,1-2H3,(H,21,24)(H2,22,23,25,27). The molecule has 6 nitrogen and oxygen atoms in total. The highest BCUT2D eigenvalue weighted by Crippen LogP contribution is 2.13. The van der Waals surface area contributed by atoms with E-state index in [0.29, 0.717) is 35.7 Å². The molecule has 0 unspecified atom stereocenters. The largest absolute Gasteiger partial charge is 0.494 e. The van der Waals surface area contributed by atoms with Crippen molar-refractivity contribution < 1.29 is 14.3 Å². The van der Waals surface area contributed by atoms with Crippen LogP contribution in [0, 0.1) is 0 Å². The van der Waals surface area contributed by atoms with E-state index in [1.54, 1.807) is 48.5 Å². The summed E-state index contributed by atoms with van der Waals surface area (Å²) in [7, 11) is 0. The van der Waals surface area contributed by atoms with Crippen LogP contribution in [-0.4, -0.2) is 30.1 Å². The number of nitrogens with one attached hydrogen (secondary N) is 3. The first-order valence-corrected chi connectivity index (χ1v) is 9.17. The molecule has 2 aromatic rings. The molecule has 0 radical (unpaired) electrons. The third-order valence-corrected chi connectivity index (χ3v) is 3.78. The first-order valence-electron chi connectivity index (χ1n) is 8.77. The molecule has 0 bridgehead atoms. The number of carbonyl (C=O) groups excluding carboxylic acids is 2. The van der Waals surface area contributed by atoms with Crippen molar-refractivity contribution in [2.75, 3.05) is 18.5 Å². The summed E-state index contributed by atoms with van der Waals surface area (Å²) in [5, 5.41) is 8.51. The molecule has 0 atom stereocenters. The van der Waals surface area contributed by atoms with Crippen LogP contribution in [0.25, 0.3) is 0 Å². The van der Waals surface area contributed by atoms with E-state index in [9.17, 15) is 9.59 Å². The quantitative estimate of drug-likeness (QED) is 0.637. The van der Waals surface area contributed by atoms with Gasteiger partial charge in [0, 0.05) is 23.4 Å². The van der Waals surface area contributed by atoms with Gasteiger partial charge in [-0.2, -0.15) is 0 Å². The van der Waals surface area contributed by atoms with E-state index in [1.165, 1.54) is 0 Å². The zero-order valence-electron chi connectivity index (χ0n) is 15.4. The van der Waals surface area contributed by atoms with Crippen molar-refractivity contribution in [2.24, 2.45) is 0 Å². The predicted octanol–water partition coefficient (Wildman–Crippen LogP) is 3.35. The van der Waals surface area contributed by atoms with E-state index in [4.69, 9.17) is 17.0 Å². The molecule has 2 aromatic carbocycles. The number of ether oxygens (including phenoxy) is 1. The number of carbonyl (C=O) groups is 2. The lowest BCUT2D eigenvalue weighted by molar-refractivity contribution is 0.0951.